The number of likely N-dealkylation sites (tertiary alicyclic amines) is 1. The van der Waals surface area contributed by atoms with Crippen LogP contribution in [-0.4, -0.2) is 34.2 Å². The van der Waals surface area contributed by atoms with Crippen LogP contribution in [0.1, 0.15) is 64.0 Å². The van der Waals surface area contributed by atoms with Crippen molar-refractivity contribution in [3.63, 3.8) is 0 Å². The number of piperidine rings is 1. The van der Waals surface area contributed by atoms with Crippen molar-refractivity contribution < 1.29 is 14.4 Å². The van der Waals surface area contributed by atoms with Crippen LogP contribution in [0.4, 0.5) is 5.13 Å². The first-order valence-electron chi connectivity index (χ1n) is 11.9. The third kappa shape index (κ3) is 3.61. The number of aryl methyl sites for hydroxylation is 2. The topological polar surface area (TPSA) is 79.4 Å². The van der Waals surface area contributed by atoms with Gasteiger partial charge in [0.2, 0.25) is 17.7 Å². The summed E-state index contributed by atoms with van der Waals surface area (Å²) in [5.74, 6) is -0.648. The molecule has 174 valence electrons. The van der Waals surface area contributed by atoms with Gasteiger partial charge in [-0.25, -0.2) is 4.98 Å². The van der Waals surface area contributed by atoms with E-state index < -0.39 is 5.41 Å². The van der Waals surface area contributed by atoms with E-state index in [2.05, 4.69) is 28.5 Å². The van der Waals surface area contributed by atoms with Crippen LogP contribution in [0.5, 0.6) is 0 Å². The van der Waals surface area contributed by atoms with Crippen LogP contribution in [0, 0.1) is 16.7 Å². The van der Waals surface area contributed by atoms with E-state index in [0.29, 0.717) is 5.13 Å². The molecular formula is C26H31N3O3S. The second kappa shape index (κ2) is 8.05. The molecule has 2 fully saturated rings. The number of benzene rings is 1. The Balaban J connectivity index is 1.22. The SMILES string of the molecule is CC12CCC(C(=O)N(CCC(=O)Nc3nc(-c4ccc5c(c4)CCCC5)cs3)C1=O)C2(C)C. The van der Waals surface area contributed by atoms with Crippen LogP contribution in [-0.2, 0) is 27.2 Å². The van der Waals surface area contributed by atoms with Gasteiger partial charge in [-0.1, -0.05) is 32.9 Å². The summed E-state index contributed by atoms with van der Waals surface area (Å²) in [6.07, 6.45) is 6.29. The van der Waals surface area contributed by atoms with Crippen molar-refractivity contribution >= 4 is 34.2 Å². The molecule has 1 aliphatic heterocycles. The summed E-state index contributed by atoms with van der Waals surface area (Å²) in [7, 11) is 0. The van der Waals surface area contributed by atoms with E-state index in [1.165, 1.54) is 40.2 Å². The number of nitrogens with one attached hydrogen (secondary N) is 1. The molecule has 33 heavy (non-hydrogen) atoms. The number of carbonyl (C=O) groups is 3. The zero-order valence-electron chi connectivity index (χ0n) is 19.6. The third-order valence-electron chi connectivity index (χ3n) is 8.46. The molecule has 2 aliphatic carbocycles. The van der Waals surface area contributed by atoms with Crippen molar-refractivity contribution in [2.75, 3.05) is 11.9 Å². The lowest BCUT2D eigenvalue weighted by atomic mass is 9.62. The van der Waals surface area contributed by atoms with Crippen molar-refractivity contribution in [1.82, 2.24) is 9.88 Å². The average molecular weight is 466 g/mol. The first-order chi connectivity index (χ1) is 15.7. The first kappa shape index (κ1) is 22.3. The van der Waals surface area contributed by atoms with Gasteiger partial charge in [-0.2, -0.15) is 0 Å². The summed E-state index contributed by atoms with van der Waals surface area (Å²) in [5.41, 5.74) is 3.88. The number of imide groups is 1. The smallest absolute Gasteiger partial charge is 0.235 e. The lowest BCUT2D eigenvalue weighted by Gasteiger charge is -2.47. The Labute approximate surface area is 198 Å². The normalized spacial score (nSPS) is 25.8. The lowest BCUT2D eigenvalue weighted by Crippen LogP contribution is -2.59. The summed E-state index contributed by atoms with van der Waals surface area (Å²) in [6.45, 7) is 6.13. The molecule has 5 rings (SSSR count). The van der Waals surface area contributed by atoms with Crippen LogP contribution < -0.4 is 5.32 Å². The number of hydrogen-bond acceptors (Lipinski definition) is 5. The van der Waals surface area contributed by atoms with Gasteiger partial charge in [0, 0.05) is 29.8 Å². The molecule has 7 heteroatoms. The van der Waals surface area contributed by atoms with Gasteiger partial charge in [-0.3, -0.25) is 19.3 Å². The number of aromatic nitrogens is 1. The van der Waals surface area contributed by atoms with E-state index >= 15 is 0 Å². The molecule has 2 heterocycles. The highest BCUT2D eigenvalue weighted by Crippen LogP contribution is 2.60. The summed E-state index contributed by atoms with van der Waals surface area (Å²) in [6, 6.07) is 6.52. The number of rotatable bonds is 5. The molecule has 3 amide bonds. The molecule has 3 aliphatic rings. The molecule has 1 saturated heterocycles. The highest BCUT2D eigenvalue weighted by atomic mass is 32.1. The van der Waals surface area contributed by atoms with Crippen LogP contribution in [0.15, 0.2) is 23.6 Å². The van der Waals surface area contributed by atoms with Gasteiger partial charge in [0.05, 0.1) is 11.1 Å². The Bertz CT molecular complexity index is 1140. The molecule has 1 aromatic carbocycles. The fraction of sp³-hybridized carbons (Fsp3) is 0.538. The largest absolute Gasteiger partial charge is 0.302 e. The van der Waals surface area contributed by atoms with Crippen LogP contribution in [0.2, 0.25) is 0 Å². The van der Waals surface area contributed by atoms with Gasteiger partial charge >= 0.3 is 0 Å². The van der Waals surface area contributed by atoms with E-state index in [-0.39, 0.29) is 42.0 Å². The maximum Gasteiger partial charge on any atom is 0.235 e. The van der Waals surface area contributed by atoms with Gasteiger partial charge in [0.15, 0.2) is 5.13 Å². The Hall–Kier alpha value is -2.54. The molecule has 1 aromatic heterocycles. The standard InChI is InChI=1S/C26H31N3O3S/c1-25(2)19-10-12-26(25,3)23(32)29(22(19)31)13-11-21(30)28-24-27-20(15-33-24)18-9-8-16-6-4-5-7-17(16)14-18/h8-9,14-15,19H,4-7,10-13H2,1-3H3,(H,27,28,30). The number of anilines is 1. The van der Waals surface area contributed by atoms with E-state index in [0.717, 1.165) is 36.9 Å². The predicted molar refractivity (Wildman–Crippen MR) is 129 cm³/mol. The minimum atomic E-state index is -0.541. The van der Waals surface area contributed by atoms with Crippen molar-refractivity contribution in [2.45, 2.75) is 65.7 Å². The van der Waals surface area contributed by atoms with Crippen LogP contribution in [0.25, 0.3) is 11.3 Å². The van der Waals surface area contributed by atoms with Crippen LogP contribution >= 0.6 is 11.3 Å². The molecule has 2 bridgehead atoms. The van der Waals surface area contributed by atoms with E-state index in [9.17, 15) is 14.4 Å². The molecule has 2 aromatic rings. The Morgan fingerprint density at radius 3 is 2.73 bits per heavy atom. The number of nitrogens with zero attached hydrogens (tertiary/aromatic N) is 2. The molecule has 1 N–H and O–H groups in total. The lowest BCUT2D eigenvalue weighted by molar-refractivity contribution is -0.167. The summed E-state index contributed by atoms with van der Waals surface area (Å²) in [4.78, 5) is 44.6. The zero-order chi connectivity index (χ0) is 23.4. The van der Waals surface area contributed by atoms with E-state index in [4.69, 9.17) is 0 Å². The van der Waals surface area contributed by atoms with Crippen molar-refractivity contribution in [1.29, 1.82) is 0 Å². The Morgan fingerprint density at radius 2 is 1.94 bits per heavy atom. The van der Waals surface area contributed by atoms with Crippen molar-refractivity contribution in [2.24, 2.45) is 16.7 Å². The highest BCUT2D eigenvalue weighted by Gasteiger charge is 2.64. The third-order valence-corrected chi connectivity index (χ3v) is 9.22. The first-order valence-corrected chi connectivity index (χ1v) is 12.8. The summed E-state index contributed by atoms with van der Waals surface area (Å²) in [5, 5.41) is 5.34. The van der Waals surface area contributed by atoms with Crippen molar-refractivity contribution in [3.8, 4) is 11.3 Å². The fourth-order valence-electron chi connectivity index (χ4n) is 5.86. The summed E-state index contributed by atoms with van der Waals surface area (Å²) < 4.78 is 0. The van der Waals surface area contributed by atoms with Crippen molar-refractivity contribution in [3.05, 3.63) is 34.7 Å². The predicted octanol–water partition coefficient (Wildman–Crippen LogP) is 4.83. The van der Waals surface area contributed by atoms with Gasteiger partial charge in [-0.05, 0) is 61.1 Å². The maximum absolute atomic E-state index is 13.1. The quantitative estimate of drug-likeness (QED) is 0.642. The minimum absolute atomic E-state index is 0.0778. The number of amides is 3. The number of fused-ring (bicyclic) bond motifs is 3. The van der Waals surface area contributed by atoms with E-state index in [1.54, 1.807) is 0 Å². The number of hydrogen-bond donors (Lipinski definition) is 1. The van der Waals surface area contributed by atoms with E-state index in [1.807, 2.05) is 26.2 Å². The molecule has 2 unspecified atom stereocenters. The van der Waals surface area contributed by atoms with Gasteiger partial charge in [-0.15, -0.1) is 11.3 Å². The number of thiazole rings is 1. The molecular weight excluding hydrogens is 434 g/mol. The summed E-state index contributed by atoms with van der Waals surface area (Å²) >= 11 is 1.39. The number of carbonyl (C=O) groups excluding carboxylic acids is 3. The maximum atomic E-state index is 13.1. The highest BCUT2D eigenvalue weighted by molar-refractivity contribution is 7.14. The second-order valence-corrected chi connectivity index (χ2v) is 11.3. The van der Waals surface area contributed by atoms with Crippen LogP contribution in [0.3, 0.4) is 0 Å². The Kier molecular flexibility index (Phi) is 5.43. The van der Waals surface area contributed by atoms with Gasteiger partial charge in [0.25, 0.3) is 0 Å². The molecule has 6 nitrogen and oxygen atoms in total. The zero-order valence-corrected chi connectivity index (χ0v) is 20.4. The average Bonchev–Trinajstić information content (AvgIpc) is 3.32. The minimum Gasteiger partial charge on any atom is -0.302 e. The molecule has 0 spiro atoms. The molecule has 2 atom stereocenters. The molecule has 1 saturated carbocycles. The monoisotopic (exact) mass is 465 g/mol. The fourth-order valence-corrected chi connectivity index (χ4v) is 6.60. The van der Waals surface area contributed by atoms with Gasteiger partial charge in [0.1, 0.15) is 0 Å². The Morgan fingerprint density at radius 1 is 1.18 bits per heavy atom. The second-order valence-electron chi connectivity index (χ2n) is 10.5. The van der Waals surface area contributed by atoms with Gasteiger partial charge < -0.3 is 5.32 Å². The molecule has 0 radical (unpaired) electrons.